The van der Waals surface area contributed by atoms with E-state index in [1.54, 1.807) is 6.07 Å². The van der Waals surface area contributed by atoms with Crippen LogP contribution in [0.1, 0.15) is 34.3 Å². The van der Waals surface area contributed by atoms with E-state index in [0.29, 0.717) is 10.9 Å². The smallest absolute Gasteiger partial charge is 0.252 e. The first-order valence-corrected chi connectivity index (χ1v) is 10.6. The second-order valence-corrected chi connectivity index (χ2v) is 8.41. The molecular weight excluding hydrogens is 377 g/mol. The second kappa shape index (κ2) is 7.40. The fourth-order valence-electron chi connectivity index (χ4n) is 4.53. The van der Waals surface area contributed by atoms with Gasteiger partial charge in [-0.1, -0.05) is 36.4 Å². The van der Waals surface area contributed by atoms with Gasteiger partial charge in [-0.3, -0.25) is 4.79 Å². The molecule has 0 radical (unpaired) electrons. The summed E-state index contributed by atoms with van der Waals surface area (Å²) >= 11 is 0. The van der Waals surface area contributed by atoms with Gasteiger partial charge in [0.15, 0.2) is 0 Å². The highest BCUT2D eigenvalue weighted by Crippen LogP contribution is 2.48. The lowest BCUT2D eigenvalue weighted by Crippen LogP contribution is -2.43. The molecule has 3 aromatic carbocycles. The van der Waals surface area contributed by atoms with Gasteiger partial charge in [0.25, 0.3) is 5.91 Å². The van der Waals surface area contributed by atoms with Gasteiger partial charge in [-0.2, -0.15) is 0 Å². The van der Waals surface area contributed by atoms with Crippen LogP contribution < -0.4 is 15.5 Å². The Bertz CT molecular complexity index is 1120. The zero-order chi connectivity index (χ0) is 20.7. The standard InChI is InChI=1S/C25H26FN3O/c1-17-6-7-18(29-14-12-27-13-15-29)16-21(17)24(30)28-25(10-11-25)22-8-9-23(26)20-5-3-2-4-19(20)22/h2-9,16,27H,10-15H2,1H3,(H,28,30). The minimum Gasteiger partial charge on any atom is -0.369 e. The second-order valence-electron chi connectivity index (χ2n) is 8.41. The van der Waals surface area contributed by atoms with Crippen LogP contribution in [0.4, 0.5) is 10.1 Å². The van der Waals surface area contributed by atoms with E-state index in [0.717, 1.165) is 61.2 Å². The van der Waals surface area contributed by atoms with Crippen LogP contribution >= 0.6 is 0 Å². The van der Waals surface area contributed by atoms with Crippen molar-refractivity contribution in [2.45, 2.75) is 25.3 Å². The molecule has 0 bridgehead atoms. The molecule has 5 rings (SSSR count). The van der Waals surface area contributed by atoms with Crippen molar-refractivity contribution in [1.82, 2.24) is 10.6 Å². The van der Waals surface area contributed by atoms with Crippen molar-refractivity contribution in [3.63, 3.8) is 0 Å². The van der Waals surface area contributed by atoms with Gasteiger partial charge in [-0.05, 0) is 54.5 Å². The number of rotatable bonds is 4. The molecule has 1 saturated heterocycles. The summed E-state index contributed by atoms with van der Waals surface area (Å²) in [5, 5.41) is 8.13. The first-order chi connectivity index (χ1) is 14.6. The Morgan fingerprint density at radius 1 is 1.03 bits per heavy atom. The highest BCUT2D eigenvalue weighted by Gasteiger charge is 2.47. The molecule has 1 saturated carbocycles. The van der Waals surface area contributed by atoms with Gasteiger partial charge in [0.2, 0.25) is 0 Å². The van der Waals surface area contributed by atoms with Gasteiger partial charge in [0.05, 0.1) is 5.54 Å². The Kier molecular flexibility index (Phi) is 4.70. The normalized spacial score (nSPS) is 17.7. The number of fused-ring (bicyclic) bond motifs is 1. The summed E-state index contributed by atoms with van der Waals surface area (Å²) in [5.41, 5.74) is 3.35. The van der Waals surface area contributed by atoms with E-state index >= 15 is 0 Å². The molecule has 2 aliphatic rings. The molecule has 2 N–H and O–H groups in total. The maximum Gasteiger partial charge on any atom is 0.252 e. The van der Waals surface area contributed by atoms with Crippen molar-refractivity contribution in [1.29, 1.82) is 0 Å². The maximum atomic E-state index is 14.3. The summed E-state index contributed by atoms with van der Waals surface area (Å²) in [6.07, 6.45) is 1.73. The van der Waals surface area contributed by atoms with E-state index in [9.17, 15) is 9.18 Å². The number of carbonyl (C=O) groups excluding carboxylic acids is 1. The molecule has 4 nitrogen and oxygen atoms in total. The number of aryl methyl sites for hydroxylation is 1. The molecule has 1 aliphatic heterocycles. The summed E-state index contributed by atoms with van der Waals surface area (Å²) in [6, 6.07) is 17.0. The van der Waals surface area contributed by atoms with Crippen LogP contribution in [0.2, 0.25) is 0 Å². The third kappa shape index (κ3) is 3.33. The van der Waals surface area contributed by atoms with E-state index < -0.39 is 5.54 Å². The lowest BCUT2D eigenvalue weighted by atomic mass is 9.96. The fourth-order valence-corrected chi connectivity index (χ4v) is 4.53. The molecule has 1 aliphatic carbocycles. The molecule has 1 heterocycles. The number of carbonyl (C=O) groups is 1. The van der Waals surface area contributed by atoms with E-state index in [-0.39, 0.29) is 11.7 Å². The molecule has 0 spiro atoms. The molecular formula is C25H26FN3O. The summed E-state index contributed by atoms with van der Waals surface area (Å²) in [6.45, 7) is 5.76. The number of anilines is 1. The van der Waals surface area contributed by atoms with Crippen LogP contribution in [-0.4, -0.2) is 32.1 Å². The number of benzene rings is 3. The Balaban J connectivity index is 1.45. The minimum absolute atomic E-state index is 0.0598. The van der Waals surface area contributed by atoms with Crippen molar-refractivity contribution in [2.24, 2.45) is 0 Å². The first-order valence-electron chi connectivity index (χ1n) is 10.6. The van der Waals surface area contributed by atoms with Crippen LogP contribution in [0, 0.1) is 12.7 Å². The Hall–Kier alpha value is -2.92. The van der Waals surface area contributed by atoms with Crippen LogP contribution in [-0.2, 0) is 5.54 Å². The number of nitrogens with one attached hydrogen (secondary N) is 2. The largest absolute Gasteiger partial charge is 0.369 e. The van der Waals surface area contributed by atoms with E-state index in [2.05, 4.69) is 21.6 Å². The molecule has 3 aromatic rings. The molecule has 30 heavy (non-hydrogen) atoms. The van der Waals surface area contributed by atoms with Crippen LogP contribution in [0.25, 0.3) is 10.8 Å². The number of hydrogen-bond donors (Lipinski definition) is 2. The van der Waals surface area contributed by atoms with Gasteiger partial charge in [0.1, 0.15) is 5.82 Å². The third-order valence-electron chi connectivity index (χ3n) is 6.44. The number of nitrogens with zero attached hydrogens (tertiary/aromatic N) is 1. The molecule has 5 heteroatoms. The molecule has 0 aromatic heterocycles. The number of amides is 1. The van der Waals surface area contributed by atoms with E-state index in [1.807, 2.05) is 43.3 Å². The summed E-state index contributed by atoms with van der Waals surface area (Å²) in [7, 11) is 0. The van der Waals surface area contributed by atoms with Crippen LogP contribution in [0.5, 0.6) is 0 Å². The van der Waals surface area contributed by atoms with E-state index in [4.69, 9.17) is 0 Å². The molecule has 1 amide bonds. The van der Waals surface area contributed by atoms with Gasteiger partial charge in [-0.15, -0.1) is 0 Å². The van der Waals surface area contributed by atoms with Crippen LogP contribution in [0.15, 0.2) is 54.6 Å². The van der Waals surface area contributed by atoms with Crippen molar-refractivity contribution in [3.8, 4) is 0 Å². The minimum atomic E-state index is -0.415. The highest BCUT2D eigenvalue weighted by atomic mass is 19.1. The monoisotopic (exact) mass is 403 g/mol. The third-order valence-corrected chi connectivity index (χ3v) is 6.44. The summed E-state index contributed by atoms with van der Waals surface area (Å²) in [5.74, 6) is -0.286. The SMILES string of the molecule is Cc1ccc(N2CCNCC2)cc1C(=O)NC1(c2ccc(F)c3ccccc23)CC1. The lowest BCUT2D eigenvalue weighted by Gasteiger charge is -2.30. The summed E-state index contributed by atoms with van der Waals surface area (Å²) < 4.78 is 14.3. The van der Waals surface area contributed by atoms with Gasteiger partial charge in [0, 0.05) is 42.8 Å². The average Bonchev–Trinajstić information content (AvgIpc) is 3.55. The Morgan fingerprint density at radius 3 is 2.50 bits per heavy atom. The zero-order valence-electron chi connectivity index (χ0n) is 17.2. The number of hydrogen-bond acceptors (Lipinski definition) is 3. The van der Waals surface area contributed by atoms with E-state index in [1.165, 1.54) is 6.07 Å². The molecule has 0 atom stereocenters. The van der Waals surface area contributed by atoms with Crippen LogP contribution in [0.3, 0.4) is 0 Å². The van der Waals surface area contributed by atoms with Crippen molar-refractivity contribution < 1.29 is 9.18 Å². The number of piperazine rings is 1. The topological polar surface area (TPSA) is 44.4 Å². The Morgan fingerprint density at radius 2 is 1.77 bits per heavy atom. The predicted octanol–water partition coefficient (Wildman–Crippen LogP) is 4.12. The maximum absolute atomic E-state index is 14.3. The van der Waals surface area contributed by atoms with Gasteiger partial charge < -0.3 is 15.5 Å². The summed E-state index contributed by atoms with van der Waals surface area (Å²) in [4.78, 5) is 15.6. The van der Waals surface area contributed by atoms with Crippen molar-refractivity contribution in [2.75, 3.05) is 31.1 Å². The molecule has 154 valence electrons. The Labute approximate surface area is 176 Å². The zero-order valence-corrected chi connectivity index (χ0v) is 17.2. The lowest BCUT2D eigenvalue weighted by molar-refractivity contribution is 0.0930. The van der Waals surface area contributed by atoms with Crippen molar-refractivity contribution >= 4 is 22.4 Å². The highest BCUT2D eigenvalue weighted by molar-refractivity contribution is 5.98. The molecule has 0 unspecified atom stereocenters. The average molecular weight is 404 g/mol. The van der Waals surface area contributed by atoms with Gasteiger partial charge >= 0.3 is 0 Å². The predicted molar refractivity (Wildman–Crippen MR) is 119 cm³/mol. The molecule has 2 fully saturated rings. The van der Waals surface area contributed by atoms with Crippen molar-refractivity contribution in [3.05, 3.63) is 77.1 Å². The quantitative estimate of drug-likeness (QED) is 0.689. The first kappa shape index (κ1) is 19.1. The van der Waals surface area contributed by atoms with Gasteiger partial charge in [-0.25, -0.2) is 4.39 Å². The fraction of sp³-hybridized carbons (Fsp3) is 0.320. The number of halogens is 1.